The lowest BCUT2D eigenvalue weighted by Gasteiger charge is -2.23. The molecule has 1 heteroatoms. The maximum absolute atomic E-state index is 1.58. The second kappa shape index (κ2) is 17.9. The van der Waals surface area contributed by atoms with Gasteiger partial charge in [0.15, 0.2) is 0 Å². The molecule has 0 nitrogen and oxygen atoms in total. The van der Waals surface area contributed by atoms with Gasteiger partial charge >= 0.3 is 0 Å². The lowest BCUT2D eigenvalue weighted by atomic mass is 9.50. The Morgan fingerprint density at radius 2 is 0.429 bits per heavy atom. The first-order chi connectivity index (χ1) is 13.9. The predicted molar refractivity (Wildman–Crippen MR) is 130 cm³/mol. The van der Waals surface area contributed by atoms with Gasteiger partial charge in [0, 0.05) is 0 Å². The number of hydrogen-bond donors (Lipinski definition) is 0. The molecule has 0 aliphatic heterocycles. The molecular weight excluding hydrogens is 335 g/mol. The normalized spacial score (nSPS) is 25.6. The maximum Gasteiger partial charge on any atom is 0.127 e. The van der Waals surface area contributed by atoms with E-state index >= 15 is 0 Å². The summed E-state index contributed by atoms with van der Waals surface area (Å²) in [6.07, 6.45) is 38.0. The average Bonchev–Trinajstić information content (AvgIpc) is 2.73. The van der Waals surface area contributed by atoms with Crippen LogP contribution in [0, 0.1) is 0 Å². The van der Waals surface area contributed by atoms with Gasteiger partial charge in [0.25, 0.3) is 0 Å². The van der Waals surface area contributed by atoms with Crippen molar-refractivity contribution in [3.05, 3.63) is 0 Å². The lowest BCUT2D eigenvalue weighted by molar-refractivity contribution is 0.496. The van der Waals surface area contributed by atoms with Crippen molar-refractivity contribution in [2.24, 2.45) is 0 Å². The topological polar surface area (TPSA) is 0 Å². The molecule has 164 valence electrons. The molecule has 0 unspecified atom stereocenters. The van der Waals surface area contributed by atoms with E-state index in [-0.39, 0.29) is 0 Å². The number of hydrogen-bond acceptors (Lipinski definition) is 0. The predicted octanol–water partition coefficient (Wildman–Crippen LogP) is 9.78. The Kier molecular flexibility index (Phi) is 15.5. The molecule has 0 spiro atoms. The minimum Gasteiger partial charge on any atom is -0.0654 e. The molecule has 0 aromatic carbocycles. The van der Waals surface area contributed by atoms with Gasteiger partial charge in [-0.1, -0.05) is 172 Å². The van der Waals surface area contributed by atoms with Crippen molar-refractivity contribution in [3.8, 4) is 0 Å². The molecule has 2 aliphatic rings. The van der Waals surface area contributed by atoms with Crippen LogP contribution in [0.15, 0.2) is 0 Å². The van der Waals surface area contributed by atoms with Crippen LogP contribution < -0.4 is 0 Å². The average molecular weight is 389 g/mol. The minimum atomic E-state index is 1.06. The van der Waals surface area contributed by atoms with Gasteiger partial charge in [-0.05, 0) is 0 Å². The lowest BCUT2D eigenvalue weighted by Crippen LogP contribution is -2.13. The highest BCUT2D eigenvalue weighted by Gasteiger charge is 2.18. The number of rotatable bonds is 2. The Bertz CT molecular complexity index is 298. The third-order valence-corrected chi connectivity index (χ3v) is 7.87. The van der Waals surface area contributed by atoms with Crippen molar-refractivity contribution >= 4 is 7.28 Å². The Labute approximate surface area is 179 Å². The van der Waals surface area contributed by atoms with Crippen LogP contribution in [0.5, 0.6) is 0 Å². The fourth-order valence-corrected chi connectivity index (χ4v) is 5.97. The summed E-state index contributed by atoms with van der Waals surface area (Å²) in [7, 11) is 1.58. The van der Waals surface area contributed by atoms with E-state index in [4.69, 9.17) is 0 Å². The van der Waals surface area contributed by atoms with Crippen molar-refractivity contribution < 1.29 is 0 Å². The summed E-state index contributed by atoms with van der Waals surface area (Å²) in [6, 6.07) is 0. The zero-order valence-corrected chi connectivity index (χ0v) is 19.5. The molecular formula is C27H53B. The summed E-state index contributed by atoms with van der Waals surface area (Å²) in [5, 5.41) is 0. The first-order valence-corrected chi connectivity index (χ1v) is 13.9. The van der Waals surface area contributed by atoms with Crippen molar-refractivity contribution in [1.29, 1.82) is 0 Å². The van der Waals surface area contributed by atoms with E-state index in [0.717, 1.165) is 11.6 Å². The fraction of sp³-hybridized carbons (Fsp3) is 1.00. The molecule has 2 rings (SSSR count). The molecule has 0 N–H and O–H groups in total. The first kappa shape index (κ1) is 24.3. The van der Waals surface area contributed by atoms with Crippen LogP contribution in [-0.4, -0.2) is 7.28 Å². The SMILES string of the molecule is B(C1CCCCCCCCCCCCC1)C1CCCCCCCCCCCC1. The van der Waals surface area contributed by atoms with Gasteiger partial charge in [-0.25, -0.2) is 0 Å². The third kappa shape index (κ3) is 13.3. The summed E-state index contributed by atoms with van der Waals surface area (Å²) in [5.41, 5.74) is 0. The molecule has 0 radical (unpaired) electrons. The maximum atomic E-state index is 1.58. The summed E-state index contributed by atoms with van der Waals surface area (Å²) in [5.74, 6) is 2.12. The molecule has 0 heterocycles. The highest BCUT2D eigenvalue weighted by Crippen LogP contribution is 2.32. The monoisotopic (exact) mass is 388 g/mol. The van der Waals surface area contributed by atoms with Crippen molar-refractivity contribution in [2.75, 3.05) is 0 Å². The summed E-state index contributed by atoms with van der Waals surface area (Å²) in [6.45, 7) is 0. The van der Waals surface area contributed by atoms with Gasteiger partial charge in [0.05, 0.1) is 0 Å². The molecule has 28 heavy (non-hydrogen) atoms. The molecule has 0 bridgehead atoms. The van der Waals surface area contributed by atoms with Crippen LogP contribution in [0.2, 0.25) is 11.6 Å². The first-order valence-electron chi connectivity index (χ1n) is 13.9. The van der Waals surface area contributed by atoms with Gasteiger partial charge < -0.3 is 0 Å². The van der Waals surface area contributed by atoms with E-state index in [0.29, 0.717) is 0 Å². The molecule has 0 aromatic heterocycles. The molecule has 2 fully saturated rings. The van der Waals surface area contributed by atoms with Crippen LogP contribution in [0.1, 0.15) is 161 Å². The summed E-state index contributed by atoms with van der Waals surface area (Å²) < 4.78 is 0. The highest BCUT2D eigenvalue weighted by molar-refractivity contribution is 6.39. The van der Waals surface area contributed by atoms with Crippen LogP contribution in [0.3, 0.4) is 0 Å². The van der Waals surface area contributed by atoms with Gasteiger partial charge in [-0.3, -0.25) is 0 Å². The second-order valence-corrected chi connectivity index (χ2v) is 10.5. The van der Waals surface area contributed by atoms with E-state index in [2.05, 4.69) is 0 Å². The van der Waals surface area contributed by atoms with Crippen LogP contribution in [0.4, 0.5) is 0 Å². The van der Waals surface area contributed by atoms with Gasteiger partial charge in [-0.2, -0.15) is 0 Å². The van der Waals surface area contributed by atoms with E-state index in [1.54, 1.807) is 33.0 Å². The van der Waals surface area contributed by atoms with Crippen LogP contribution in [-0.2, 0) is 0 Å². The Hall–Kier alpha value is 0.0649. The summed E-state index contributed by atoms with van der Waals surface area (Å²) >= 11 is 0. The van der Waals surface area contributed by atoms with E-state index in [9.17, 15) is 0 Å². The molecule has 0 saturated heterocycles. The zero-order valence-electron chi connectivity index (χ0n) is 19.5. The fourth-order valence-electron chi connectivity index (χ4n) is 5.97. The van der Waals surface area contributed by atoms with Crippen LogP contribution in [0.25, 0.3) is 0 Å². The van der Waals surface area contributed by atoms with Gasteiger partial charge in [0.1, 0.15) is 7.28 Å². The largest absolute Gasteiger partial charge is 0.127 e. The van der Waals surface area contributed by atoms with Gasteiger partial charge in [-0.15, -0.1) is 0 Å². The summed E-state index contributed by atoms with van der Waals surface area (Å²) in [4.78, 5) is 0. The van der Waals surface area contributed by atoms with Gasteiger partial charge in [0.2, 0.25) is 0 Å². The molecule has 0 amide bonds. The Morgan fingerprint density at radius 3 is 0.643 bits per heavy atom. The second-order valence-electron chi connectivity index (χ2n) is 10.5. The molecule has 0 atom stereocenters. The molecule has 2 saturated carbocycles. The van der Waals surface area contributed by atoms with E-state index in [1.165, 1.54) is 135 Å². The van der Waals surface area contributed by atoms with Crippen molar-refractivity contribution in [2.45, 2.75) is 172 Å². The quantitative estimate of drug-likeness (QED) is 0.413. The zero-order chi connectivity index (χ0) is 19.5. The van der Waals surface area contributed by atoms with Crippen LogP contribution >= 0.6 is 0 Å². The highest BCUT2D eigenvalue weighted by atomic mass is 14.1. The van der Waals surface area contributed by atoms with E-state index in [1.807, 2.05) is 0 Å². The Balaban J connectivity index is 1.77. The van der Waals surface area contributed by atoms with E-state index < -0.39 is 0 Å². The Morgan fingerprint density at radius 1 is 0.250 bits per heavy atom. The molecule has 0 aromatic rings. The smallest absolute Gasteiger partial charge is 0.0654 e. The third-order valence-electron chi connectivity index (χ3n) is 7.87. The minimum absolute atomic E-state index is 1.06. The van der Waals surface area contributed by atoms with Crippen molar-refractivity contribution in [3.63, 3.8) is 0 Å². The molecule has 2 aliphatic carbocycles. The standard InChI is InChI=1S/C27H53B/c1-2-6-10-14-18-22-26(23-19-15-11-7-3-1)28-27-24-20-16-12-8-4-5-9-13-17-21-25-27/h26-28H,1-25H2. The van der Waals surface area contributed by atoms with Crippen molar-refractivity contribution in [1.82, 2.24) is 0 Å².